The van der Waals surface area contributed by atoms with Crippen LogP contribution < -0.4 is 5.32 Å². The summed E-state index contributed by atoms with van der Waals surface area (Å²) >= 11 is 0. The van der Waals surface area contributed by atoms with Crippen LogP contribution in [0, 0.1) is 27.7 Å². The van der Waals surface area contributed by atoms with E-state index in [-0.39, 0.29) is 6.04 Å². The second-order valence-electron chi connectivity index (χ2n) is 6.16. The van der Waals surface area contributed by atoms with Crippen molar-refractivity contribution < 1.29 is 9.52 Å². The number of hydrogen-bond acceptors (Lipinski definition) is 5. The molecule has 2 aromatic heterocycles. The molecule has 0 spiro atoms. The maximum atomic E-state index is 10.7. The van der Waals surface area contributed by atoms with E-state index in [2.05, 4.69) is 15.3 Å². The monoisotopic (exact) mass is 303 g/mol. The fourth-order valence-electron chi connectivity index (χ4n) is 2.74. The number of nitrogens with one attached hydrogen (secondary N) is 1. The Bertz CT molecular complexity index is 662. The first-order valence-electron chi connectivity index (χ1n) is 7.54. The van der Waals surface area contributed by atoms with Crippen molar-refractivity contribution in [2.24, 2.45) is 0 Å². The smallest absolute Gasteiger partial charge is 0.125 e. The summed E-state index contributed by atoms with van der Waals surface area (Å²) in [5.41, 5.74) is 1.83. The molecule has 5 heteroatoms. The third-order valence-corrected chi connectivity index (χ3v) is 3.98. The van der Waals surface area contributed by atoms with Crippen molar-refractivity contribution in [2.45, 2.75) is 53.2 Å². The molecule has 0 aromatic carbocycles. The second-order valence-corrected chi connectivity index (χ2v) is 6.16. The fourth-order valence-corrected chi connectivity index (χ4v) is 2.74. The molecule has 0 aliphatic carbocycles. The molecule has 0 amide bonds. The minimum absolute atomic E-state index is 0.0559. The summed E-state index contributed by atoms with van der Waals surface area (Å²) in [7, 11) is 0. The largest absolute Gasteiger partial charge is 0.466 e. The van der Waals surface area contributed by atoms with Crippen molar-refractivity contribution in [1.29, 1.82) is 0 Å². The van der Waals surface area contributed by atoms with Gasteiger partial charge in [0.15, 0.2) is 0 Å². The zero-order valence-electron chi connectivity index (χ0n) is 14.2. The molecule has 120 valence electrons. The van der Waals surface area contributed by atoms with Crippen molar-refractivity contribution in [1.82, 2.24) is 15.3 Å². The van der Waals surface area contributed by atoms with Crippen LogP contribution in [-0.4, -0.2) is 21.6 Å². The number of aliphatic hydroxyl groups is 1. The van der Waals surface area contributed by atoms with E-state index in [1.165, 1.54) is 0 Å². The lowest BCUT2D eigenvalue weighted by atomic mass is 9.95. The summed E-state index contributed by atoms with van der Waals surface area (Å²) < 4.78 is 5.52. The molecule has 0 aliphatic rings. The SMILES string of the molecule is Cc1ncc(C(C)NCC(C)(O)c2cc(C)oc2C)c(C)n1. The molecule has 0 saturated carbocycles. The molecule has 0 aliphatic heterocycles. The van der Waals surface area contributed by atoms with Gasteiger partial charge in [-0.3, -0.25) is 0 Å². The van der Waals surface area contributed by atoms with Gasteiger partial charge in [0.05, 0.1) is 0 Å². The van der Waals surface area contributed by atoms with Gasteiger partial charge >= 0.3 is 0 Å². The minimum atomic E-state index is -0.991. The quantitative estimate of drug-likeness (QED) is 0.888. The molecule has 0 bridgehead atoms. The predicted molar refractivity (Wildman–Crippen MR) is 85.7 cm³/mol. The normalized spacial score (nSPS) is 15.6. The zero-order valence-corrected chi connectivity index (χ0v) is 14.2. The Morgan fingerprint density at radius 1 is 1.32 bits per heavy atom. The zero-order chi connectivity index (χ0) is 16.5. The summed E-state index contributed by atoms with van der Waals surface area (Å²) in [4.78, 5) is 8.64. The Hall–Kier alpha value is -1.72. The fraction of sp³-hybridized carbons (Fsp3) is 0.529. The van der Waals surface area contributed by atoms with Crippen molar-refractivity contribution in [3.05, 3.63) is 46.4 Å². The van der Waals surface area contributed by atoms with Gasteiger partial charge in [0.2, 0.25) is 0 Å². The maximum Gasteiger partial charge on any atom is 0.125 e. The molecule has 22 heavy (non-hydrogen) atoms. The van der Waals surface area contributed by atoms with Gasteiger partial charge in [-0.05, 0) is 47.6 Å². The third kappa shape index (κ3) is 3.54. The summed E-state index contributed by atoms with van der Waals surface area (Å²) in [5.74, 6) is 2.33. The molecule has 0 radical (unpaired) electrons. The van der Waals surface area contributed by atoms with Gasteiger partial charge in [-0.25, -0.2) is 9.97 Å². The number of rotatable bonds is 5. The van der Waals surface area contributed by atoms with Crippen LogP contribution in [0.5, 0.6) is 0 Å². The highest BCUT2D eigenvalue weighted by atomic mass is 16.3. The van der Waals surface area contributed by atoms with E-state index in [1.807, 2.05) is 46.9 Å². The van der Waals surface area contributed by atoms with Crippen LogP contribution in [0.25, 0.3) is 0 Å². The number of hydrogen-bond donors (Lipinski definition) is 2. The highest BCUT2D eigenvalue weighted by Gasteiger charge is 2.28. The molecule has 0 saturated heterocycles. The standard InChI is InChI=1S/C17H25N3O2/c1-10-7-16(13(4)22-10)17(6,21)9-19-11(2)15-8-18-14(5)20-12(15)3/h7-8,11,19,21H,9H2,1-6H3. The first kappa shape index (κ1) is 16.6. The van der Waals surface area contributed by atoms with E-state index < -0.39 is 5.60 Å². The Morgan fingerprint density at radius 3 is 2.55 bits per heavy atom. The maximum absolute atomic E-state index is 10.7. The van der Waals surface area contributed by atoms with E-state index in [1.54, 1.807) is 6.92 Å². The van der Waals surface area contributed by atoms with Gasteiger partial charge in [0, 0.05) is 35.6 Å². The molecule has 2 rings (SSSR count). The number of furan rings is 1. The molecular formula is C17H25N3O2. The van der Waals surface area contributed by atoms with Gasteiger partial charge in [-0.1, -0.05) is 0 Å². The van der Waals surface area contributed by atoms with Crippen molar-refractivity contribution in [3.8, 4) is 0 Å². The number of aryl methyl sites for hydroxylation is 4. The lowest BCUT2D eigenvalue weighted by Gasteiger charge is -2.26. The summed E-state index contributed by atoms with van der Waals surface area (Å²) in [6.07, 6.45) is 1.84. The predicted octanol–water partition coefficient (Wildman–Crippen LogP) is 2.86. The van der Waals surface area contributed by atoms with Crippen LogP contribution in [0.1, 0.15) is 54.1 Å². The van der Waals surface area contributed by atoms with Crippen molar-refractivity contribution in [3.63, 3.8) is 0 Å². The first-order valence-corrected chi connectivity index (χ1v) is 7.54. The van der Waals surface area contributed by atoms with Gasteiger partial charge in [0.1, 0.15) is 22.9 Å². The molecular weight excluding hydrogens is 278 g/mol. The van der Waals surface area contributed by atoms with E-state index in [0.29, 0.717) is 6.54 Å². The molecule has 2 N–H and O–H groups in total. The van der Waals surface area contributed by atoms with Crippen molar-refractivity contribution in [2.75, 3.05) is 6.54 Å². The van der Waals surface area contributed by atoms with E-state index in [9.17, 15) is 5.11 Å². The van der Waals surface area contributed by atoms with Gasteiger partial charge in [0.25, 0.3) is 0 Å². The molecule has 2 unspecified atom stereocenters. The second kappa shape index (κ2) is 6.18. The average Bonchev–Trinajstić information content (AvgIpc) is 2.76. The lowest BCUT2D eigenvalue weighted by molar-refractivity contribution is 0.0528. The van der Waals surface area contributed by atoms with Crippen LogP contribution in [0.3, 0.4) is 0 Å². The molecule has 5 nitrogen and oxygen atoms in total. The Morgan fingerprint density at radius 2 is 2.00 bits per heavy atom. The summed E-state index contributed by atoms with van der Waals surface area (Å²) in [6.45, 7) is 11.9. The van der Waals surface area contributed by atoms with Crippen molar-refractivity contribution >= 4 is 0 Å². The number of aromatic nitrogens is 2. The van der Waals surface area contributed by atoms with Gasteiger partial charge in [-0.15, -0.1) is 0 Å². The van der Waals surface area contributed by atoms with Crippen LogP contribution in [0.15, 0.2) is 16.7 Å². The highest BCUT2D eigenvalue weighted by molar-refractivity contribution is 5.27. The van der Waals surface area contributed by atoms with Crippen LogP contribution in [0.2, 0.25) is 0 Å². The van der Waals surface area contributed by atoms with Crippen LogP contribution >= 0.6 is 0 Å². The number of nitrogens with zero attached hydrogens (tertiary/aromatic N) is 2. The molecule has 0 fully saturated rings. The van der Waals surface area contributed by atoms with E-state index >= 15 is 0 Å². The van der Waals surface area contributed by atoms with Gasteiger partial charge in [-0.2, -0.15) is 0 Å². The van der Waals surface area contributed by atoms with Crippen LogP contribution in [0.4, 0.5) is 0 Å². The lowest BCUT2D eigenvalue weighted by Crippen LogP contribution is -2.37. The first-order chi connectivity index (χ1) is 10.2. The van der Waals surface area contributed by atoms with Gasteiger partial charge < -0.3 is 14.8 Å². The molecule has 2 atom stereocenters. The minimum Gasteiger partial charge on any atom is -0.466 e. The molecule has 2 aromatic rings. The Kier molecular flexibility index (Phi) is 4.68. The Labute approximate surface area is 131 Å². The highest BCUT2D eigenvalue weighted by Crippen LogP contribution is 2.27. The van der Waals surface area contributed by atoms with E-state index in [4.69, 9.17) is 4.42 Å². The topological polar surface area (TPSA) is 71.2 Å². The Balaban J connectivity index is 2.09. The average molecular weight is 303 g/mol. The van der Waals surface area contributed by atoms with Crippen LogP contribution in [-0.2, 0) is 5.60 Å². The van der Waals surface area contributed by atoms with E-state index in [0.717, 1.165) is 34.2 Å². The summed E-state index contributed by atoms with van der Waals surface area (Å²) in [5, 5.41) is 14.1. The summed E-state index contributed by atoms with van der Waals surface area (Å²) in [6, 6.07) is 1.95. The molecule has 2 heterocycles. The third-order valence-electron chi connectivity index (χ3n) is 3.98.